The summed E-state index contributed by atoms with van der Waals surface area (Å²) >= 11 is 6.78. The fourth-order valence-electron chi connectivity index (χ4n) is 4.09. The molecule has 0 saturated carbocycles. The number of fused-ring (bicyclic) bond motifs is 8. The van der Waals surface area contributed by atoms with Crippen LogP contribution in [0.5, 0.6) is 0 Å². The molecule has 0 amide bonds. The van der Waals surface area contributed by atoms with Crippen molar-refractivity contribution in [1.82, 2.24) is 13.8 Å². The zero-order valence-electron chi connectivity index (χ0n) is 14.1. The second kappa shape index (κ2) is 4.77. The van der Waals surface area contributed by atoms with E-state index in [1.807, 2.05) is 12.1 Å². The molecule has 0 spiro atoms. The number of imidazole rings is 1. The second-order valence-corrected chi connectivity index (χ2v) is 7.16. The van der Waals surface area contributed by atoms with Gasteiger partial charge in [0.25, 0.3) is 0 Å². The van der Waals surface area contributed by atoms with Crippen LogP contribution < -0.4 is 0 Å². The maximum Gasteiger partial charge on any atom is 0.164 e. The first kappa shape index (κ1) is 14.2. The summed E-state index contributed by atoms with van der Waals surface area (Å²) < 4.78 is 4.37. The average Bonchev–Trinajstić information content (AvgIpc) is 3.16. The van der Waals surface area contributed by atoms with Gasteiger partial charge in [-0.3, -0.25) is 4.40 Å². The van der Waals surface area contributed by atoms with Crippen LogP contribution in [0.2, 0.25) is 5.02 Å². The summed E-state index contributed by atoms with van der Waals surface area (Å²) in [7, 11) is 0. The molecule has 0 fully saturated rings. The monoisotopic (exact) mass is 355 g/mol. The largest absolute Gasteiger partial charge is 0.310 e. The van der Waals surface area contributed by atoms with Crippen molar-refractivity contribution in [3.05, 3.63) is 77.6 Å². The summed E-state index contributed by atoms with van der Waals surface area (Å²) in [4.78, 5) is 4.97. The van der Waals surface area contributed by atoms with Crippen molar-refractivity contribution in [3.8, 4) is 0 Å². The van der Waals surface area contributed by atoms with Gasteiger partial charge in [0.1, 0.15) is 5.52 Å². The van der Waals surface area contributed by atoms with Crippen LogP contribution in [0.15, 0.2) is 66.9 Å². The highest BCUT2D eigenvalue weighted by atomic mass is 35.5. The molecule has 0 N–H and O–H groups in total. The zero-order valence-corrected chi connectivity index (χ0v) is 14.8. The predicted octanol–water partition coefficient (Wildman–Crippen LogP) is 6.01. The van der Waals surface area contributed by atoms with E-state index in [9.17, 15) is 0 Å². The van der Waals surface area contributed by atoms with E-state index in [1.54, 1.807) is 0 Å². The Hall–Kier alpha value is -3.04. The smallest absolute Gasteiger partial charge is 0.164 e. The topological polar surface area (TPSA) is 21.7 Å². The van der Waals surface area contributed by atoms with Crippen LogP contribution in [0.3, 0.4) is 0 Å². The first-order valence-corrected chi connectivity index (χ1v) is 8.99. The highest BCUT2D eigenvalue weighted by Crippen LogP contribution is 2.35. The lowest BCUT2D eigenvalue weighted by Crippen LogP contribution is -1.97. The van der Waals surface area contributed by atoms with Crippen LogP contribution in [-0.4, -0.2) is 13.8 Å². The van der Waals surface area contributed by atoms with Crippen molar-refractivity contribution in [2.45, 2.75) is 6.92 Å². The molecule has 3 aromatic carbocycles. The zero-order chi connectivity index (χ0) is 17.4. The molecule has 0 saturated heterocycles. The van der Waals surface area contributed by atoms with E-state index in [0.29, 0.717) is 0 Å². The van der Waals surface area contributed by atoms with Gasteiger partial charge in [0, 0.05) is 17.3 Å². The summed E-state index contributed by atoms with van der Waals surface area (Å²) in [6.45, 7) is 2.12. The van der Waals surface area contributed by atoms with E-state index >= 15 is 0 Å². The third kappa shape index (κ3) is 1.66. The third-order valence-corrected chi connectivity index (χ3v) is 5.63. The van der Waals surface area contributed by atoms with Gasteiger partial charge in [0.2, 0.25) is 0 Å². The Balaban J connectivity index is 1.92. The van der Waals surface area contributed by atoms with Crippen LogP contribution >= 0.6 is 11.6 Å². The minimum atomic E-state index is 0.755. The summed E-state index contributed by atoms with van der Waals surface area (Å²) in [5.41, 5.74) is 6.19. The fraction of sp³-hybridized carbons (Fsp3) is 0.0455. The number of hydrogen-bond donors (Lipinski definition) is 0. The number of nitrogens with zero attached hydrogens (tertiary/aromatic N) is 3. The molecular formula is C22H14ClN3. The van der Waals surface area contributed by atoms with E-state index in [4.69, 9.17) is 16.6 Å². The van der Waals surface area contributed by atoms with Crippen LogP contribution in [0.1, 0.15) is 5.69 Å². The molecule has 6 aromatic rings. The van der Waals surface area contributed by atoms with E-state index in [0.717, 1.165) is 43.8 Å². The molecule has 3 nitrogen and oxygen atoms in total. The molecule has 0 unspecified atom stereocenters. The van der Waals surface area contributed by atoms with Crippen LogP contribution in [0.25, 0.3) is 43.9 Å². The van der Waals surface area contributed by atoms with Crippen molar-refractivity contribution in [3.63, 3.8) is 0 Å². The van der Waals surface area contributed by atoms with Gasteiger partial charge in [0.15, 0.2) is 5.65 Å². The number of rotatable bonds is 0. The Kier molecular flexibility index (Phi) is 2.60. The number of hydrogen-bond acceptors (Lipinski definition) is 1. The molecule has 4 heteroatoms. The standard InChI is InChI=1S/C22H14ClN3/c1-13-12-25-18-9-5-4-8-16(18)20(23)21(25)22-24-17-10-14-6-2-3-7-15(14)11-19(17)26(13)22/h2-12H,1H3. The van der Waals surface area contributed by atoms with E-state index in [2.05, 4.69) is 70.5 Å². The molecule has 26 heavy (non-hydrogen) atoms. The first-order valence-electron chi connectivity index (χ1n) is 8.61. The summed E-state index contributed by atoms with van der Waals surface area (Å²) in [5, 5.41) is 4.22. The normalized spacial score (nSPS) is 12.2. The lowest BCUT2D eigenvalue weighted by molar-refractivity contribution is 1.06. The maximum absolute atomic E-state index is 6.78. The summed E-state index contributed by atoms with van der Waals surface area (Å²) in [5.74, 6) is 0. The van der Waals surface area contributed by atoms with Crippen molar-refractivity contribution in [1.29, 1.82) is 0 Å². The van der Waals surface area contributed by atoms with Gasteiger partial charge in [0.05, 0.1) is 21.6 Å². The van der Waals surface area contributed by atoms with E-state index in [1.165, 1.54) is 10.8 Å². The predicted molar refractivity (Wildman–Crippen MR) is 108 cm³/mol. The van der Waals surface area contributed by atoms with Crippen LogP contribution in [0.4, 0.5) is 0 Å². The Morgan fingerprint density at radius 2 is 1.62 bits per heavy atom. The van der Waals surface area contributed by atoms with Gasteiger partial charge in [-0.05, 0) is 35.9 Å². The number of benzene rings is 3. The van der Waals surface area contributed by atoms with Gasteiger partial charge in [-0.25, -0.2) is 4.98 Å². The molecule has 3 heterocycles. The van der Waals surface area contributed by atoms with Crippen LogP contribution in [-0.2, 0) is 0 Å². The highest BCUT2D eigenvalue weighted by Gasteiger charge is 2.17. The molecular weight excluding hydrogens is 342 g/mol. The van der Waals surface area contributed by atoms with Gasteiger partial charge in [-0.2, -0.15) is 0 Å². The number of halogens is 1. The Labute approximate surface area is 154 Å². The Bertz CT molecular complexity index is 1500. The molecule has 0 aliphatic carbocycles. The highest BCUT2D eigenvalue weighted by molar-refractivity contribution is 6.40. The molecule has 124 valence electrons. The lowest BCUT2D eigenvalue weighted by atomic mass is 10.1. The molecule has 0 aliphatic heterocycles. The van der Waals surface area contributed by atoms with Crippen molar-refractivity contribution in [2.75, 3.05) is 0 Å². The Morgan fingerprint density at radius 3 is 2.46 bits per heavy atom. The van der Waals surface area contributed by atoms with E-state index in [-0.39, 0.29) is 0 Å². The van der Waals surface area contributed by atoms with Gasteiger partial charge < -0.3 is 4.40 Å². The number of aromatic nitrogens is 3. The molecule has 0 atom stereocenters. The maximum atomic E-state index is 6.78. The van der Waals surface area contributed by atoms with Gasteiger partial charge in [-0.1, -0.05) is 54.1 Å². The molecule has 0 aliphatic rings. The molecule has 6 rings (SSSR count). The average molecular weight is 356 g/mol. The van der Waals surface area contributed by atoms with Crippen molar-refractivity contribution >= 4 is 55.5 Å². The third-order valence-electron chi connectivity index (χ3n) is 5.25. The van der Waals surface area contributed by atoms with Crippen LogP contribution in [0, 0.1) is 6.92 Å². The first-order chi connectivity index (χ1) is 12.7. The number of aryl methyl sites for hydroxylation is 1. The van der Waals surface area contributed by atoms with Gasteiger partial charge in [-0.15, -0.1) is 0 Å². The lowest BCUT2D eigenvalue weighted by Gasteiger charge is -2.06. The van der Waals surface area contributed by atoms with Crippen molar-refractivity contribution in [2.24, 2.45) is 0 Å². The molecule has 0 radical (unpaired) electrons. The Morgan fingerprint density at radius 1 is 0.885 bits per heavy atom. The second-order valence-electron chi connectivity index (χ2n) is 6.78. The SMILES string of the molecule is Cc1cn2c3ccccc3c(Cl)c2c2nc3cc4ccccc4cc3n12. The summed E-state index contributed by atoms with van der Waals surface area (Å²) in [6.07, 6.45) is 2.15. The fourth-order valence-corrected chi connectivity index (χ4v) is 4.42. The molecule has 0 bridgehead atoms. The minimum absolute atomic E-state index is 0.755. The van der Waals surface area contributed by atoms with E-state index < -0.39 is 0 Å². The molecule has 3 aromatic heterocycles. The number of para-hydroxylation sites is 1. The van der Waals surface area contributed by atoms with Gasteiger partial charge >= 0.3 is 0 Å². The quantitative estimate of drug-likeness (QED) is 0.327. The minimum Gasteiger partial charge on any atom is -0.310 e. The van der Waals surface area contributed by atoms with Crippen molar-refractivity contribution < 1.29 is 0 Å². The summed E-state index contributed by atoms with van der Waals surface area (Å²) in [6, 6.07) is 21.0.